The van der Waals surface area contributed by atoms with E-state index in [1.54, 1.807) is 35.4 Å². The summed E-state index contributed by atoms with van der Waals surface area (Å²) in [4.78, 5) is 28.7. The minimum absolute atomic E-state index is 0.152. The number of nitrogens with zero attached hydrogens (tertiary/aromatic N) is 1. The molecule has 0 spiro atoms. The van der Waals surface area contributed by atoms with Crippen LogP contribution in [-0.4, -0.2) is 22.8 Å². The molecule has 1 aromatic heterocycles. The molecule has 0 bridgehead atoms. The first-order valence-electron chi connectivity index (χ1n) is 11.5. The molecule has 0 aliphatic heterocycles. The number of nitrogens with one attached hydrogen (secondary N) is 1. The highest BCUT2D eigenvalue weighted by atomic mass is 19.1. The third kappa shape index (κ3) is 6.90. The summed E-state index contributed by atoms with van der Waals surface area (Å²) in [6.45, 7) is 0.395. The quantitative estimate of drug-likeness (QED) is 0.358. The fourth-order valence-electron chi connectivity index (χ4n) is 3.92. The van der Waals surface area contributed by atoms with E-state index in [9.17, 15) is 14.0 Å². The molecule has 5 nitrogen and oxygen atoms in total. The van der Waals surface area contributed by atoms with E-state index in [4.69, 9.17) is 4.42 Å². The maximum atomic E-state index is 13.6. The molecule has 4 aromatic rings. The zero-order valence-electron chi connectivity index (χ0n) is 19.3. The van der Waals surface area contributed by atoms with Gasteiger partial charge in [-0.2, -0.15) is 0 Å². The first kappa shape index (κ1) is 24.0. The molecule has 3 aromatic carbocycles. The molecule has 1 heterocycles. The molecule has 2 amide bonds. The van der Waals surface area contributed by atoms with Crippen molar-refractivity contribution in [3.63, 3.8) is 0 Å². The summed E-state index contributed by atoms with van der Waals surface area (Å²) >= 11 is 0. The van der Waals surface area contributed by atoms with Crippen LogP contribution in [0.15, 0.2) is 108 Å². The van der Waals surface area contributed by atoms with Crippen molar-refractivity contribution in [2.24, 2.45) is 0 Å². The van der Waals surface area contributed by atoms with Gasteiger partial charge in [-0.05, 0) is 41.0 Å². The largest absolute Gasteiger partial charge is 0.467 e. The summed E-state index contributed by atoms with van der Waals surface area (Å²) < 4.78 is 18.9. The molecule has 0 aliphatic carbocycles. The Kier molecular flexibility index (Phi) is 8.07. The molecule has 0 saturated carbocycles. The second-order valence-corrected chi connectivity index (χ2v) is 8.31. The Balaban J connectivity index is 1.63. The molecule has 1 atom stereocenters. The van der Waals surface area contributed by atoms with Crippen LogP contribution in [0.25, 0.3) is 0 Å². The lowest BCUT2D eigenvalue weighted by Gasteiger charge is -2.31. The molecular formula is C29H27FN2O3. The van der Waals surface area contributed by atoms with Gasteiger partial charge in [-0.15, -0.1) is 0 Å². The van der Waals surface area contributed by atoms with E-state index in [2.05, 4.69) is 5.32 Å². The van der Waals surface area contributed by atoms with Crippen molar-refractivity contribution in [3.8, 4) is 0 Å². The van der Waals surface area contributed by atoms with E-state index in [-0.39, 0.29) is 37.1 Å². The summed E-state index contributed by atoms with van der Waals surface area (Å²) in [5, 5.41) is 2.91. The molecule has 35 heavy (non-hydrogen) atoms. The van der Waals surface area contributed by atoms with Gasteiger partial charge in [-0.25, -0.2) is 4.39 Å². The van der Waals surface area contributed by atoms with Gasteiger partial charge < -0.3 is 14.6 Å². The maximum absolute atomic E-state index is 13.6. The lowest BCUT2D eigenvalue weighted by Crippen LogP contribution is -2.50. The summed E-state index contributed by atoms with van der Waals surface area (Å²) in [6, 6.07) is 27.8. The number of carbonyl (C=O) groups is 2. The van der Waals surface area contributed by atoms with Crippen molar-refractivity contribution in [1.29, 1.82) is 0 Å². The van der Waals surface area contributed by atoms with Crippen molar-refractivity contribution < 1.29 is 18.4 Å². The Bertz CT molecular complexity index is 1210. The van der Waals surface area contributed by atoms with Crippen LogP contribution >= 0.6 is 0 Å². The highest BCUT2D eigenvalue weighted by Gasteiger charge is 2.30. The fraction of sp³-hybridized carbons (Fsp3) is 0.172. The standard InChI is InChI=1S/C29H27FN2O3/c30-25-15-13-24(14-16-25)21-32(28(33)19-23-10-5-2-6-11-23)27(18-22-8-3-1-4-9-22)29(34)31-20-26-12-7-17-35-26/h1-17,27H,18-21H2,(H,31,34)/t27-/m0/s1. The summed E-state index contributed by atoms with van der Waals surface area (Å²) in [6.07, 6.45) is 2.04. The summed E-state index contributed by atoms with van der Waals surface area (Å²) in [5.41, 5.74) is 2.53. The number of benzene rings is 3. The number of hydrogen-bond acceptors (Lipinski definition) is 3. The Morgan fingerprint density at radius 2 is 1.46 bits per heavy atom. The molecule has 0 radical (unpaired) electrons. The van der Waals surface area contributed by atoms with Crippen molar-refractivity contribution in [1.82, 2.24) is 10.2 Å². The van der Waals surface area contributed by atoms with E-state index in [1.807, 2.05) is 60.7 Å². The number of amides is 2. The summed E-state index contributed by atoms with van der Waals surface area (Å²) in [7, 11) is 0. The van der Waals surface area contributed by atoms with Gasteiger partial charge in [0.05, 0.1) is 19.2 Å². The van der Waals surface area contributed by atoms with Crippen LogP contribution in [0.2, 0.25) is 0 Å². The van der Waals surface area contributed by atoms with Gasteiger partial charge in [0.25, 0.3) is 0 Å². The number of rotatable bonds is 10. The van der Waals surface area contributed by atoms with Gasteiger partial charge >= 0.3 is 0 Å². The number of carbonyl (C=O) groups excluding carboxylic acids is 2. The molecule has 1 N–H and O–H groups in total. The molecule has 0 unspecified atom stereocenters. The minimum atomic E-state index is -0.770. The minimum Gasteiger partial charge on any atom is -0.467 e. The zero-order valence-corrected chi connectivity index (χ0v) is 19.3. The lowest BCUT2D eigenvalue weighted by atomic mass is 10.0. The monoisotopic (exact) mass is 470 g/mol. The van der Waals surface area contributed by atoms with Crippen LogP contribution in [0.4, 0.5) is 4.39 Å². The van der Waals surface area contributed by atoms with E-state index < -0.39 is 6.04 Å². The fourth-order valence-corrected chi connectivity index (χ4v) is 3.92. The van der Waals surface area contributed by atoms with Crippen molar-refractivity contribution in [2.75, 3.05) is 0 Å². The van der Waals surface area contributed by atoms with E-state index in [0.717, 1.165) is 16.7 Å². The molecule has 0 fully saturated rings. The van der Waals surface area contributed by atoms with Crippen LogP contribution in [0.5, 0.6) is 0 Å². The van der Waals surface area contributed by atoms with E-state index in [0.29, 0.717) is 12.2 Å². The van der Waals surface area contributed by atoms with Crippen LogP contribution in [0, 0.1) is 5.82 Å². The molecule has 4 rings (SSSR count). The first-order valence-corrected chi connectivity index (χ1v) is 11.5. The first-order chi connectivity index (χ1) is 17.1. The molecular weight excluding hydrogens is 443 g/mol. The van der Waals surface area contributed by atoms with Gasteiger partial charge in [0.15, 0.2) is 0 Å². The van der Waals surface area contributed by atoms with Crippen LogP contribution < -0.4 is 5.32 Å². The van der Waals surface area contributed by atoms with Crippen molar-refractivity contribution in [2.45, 2.75) is 32.0 Å². The Hall–Kier alpha value is -4.19. The Morgan fingerprint density at radius 3 is 2.09 bits per heavy atom. The smallest absolute Gasteiger partial charge is 0.243 e. The third-order valence-corrected chi connectivity index (χ3v) is 5.75. The number of hydrogen-bond donors (Lipinski definition) is 1. The van der Waals surface area contributed by atoms with E-state index >= 15 is 0 Å². The van der Waals surface area contributed by atoms with Crippen molar-refractivity contribution >= 4 is 11.8 Å². The highest BCUT2D eigenvalue weighted by Crippen LogP contribution is 2.17. The molecule has 6 heteroatoms. The second-order valence-electron chi connectivity index (χ2n) is 8.31. The topological polar surface area (TPSA) is 62.6 Å². The van der Waals surface area contributed by atoms with Gasteiger partial charge in [-0.3, -0.25) is 9.59 Å². The van der Waals surface area contributed by atoms with Gasteiger partial charge in [-0.1, -0.05) is 72.8 Å². The average molecular weight is 471 g/mol. The highest BCUT2D eigenvalue weighted by molar-refractivity contribution is 5.88. The predicted molar refractivity (Wildman–Crippen MR) is 132 cm³/mol. The van der Waals surface area contributed by atoms with Gasteiger partial charge in [0.1, 0.15) is 17.6 Å². The Labute approximate surface area is 204 Å². The van der Waals surface area contributed by atoms with Gasteiger partial charge in [0, 0.05) is 13.0 Å². The summed E-state index contributed by atoms with van der Waals surface area (Å²) in [5.74, 6) is -0.200. The molecule has 178 valence electrons. The van der Waals surface area contributed by atoms with Crippen LogP contribution in [-0.2, 0) is 35.5 Å². The second kappa shape index (κ2) is 11.8. The SMILES string of the molecule is O=C(NCc1ccco1)[C@H](Cc1ccccc1)N(Cc1ccc(F)cc1)C(=O)Cc1ccccc1. The lowest BCUT2D eigenvalue weighted by molar-refractivity contribution is -0.140. The number of furan rings is 1. The maximum Gasteiger partial charge on any atom is 0.243 e. The zero-order chi connectivity index (χ0) is 24.5. The van der Waals surface area contributed by atoms with Crippen LogP contribution in [0.1, 0.15) is 22.5 Å². The molecule has 0 aliphatic rings. The number of halogens is 1. The molecule has 0 saturated heterocycles. The van der Waals surface area contributed by atoms with Crippen LogP contribution in [0.3, 0.4) is 0 Å². The van der Waals surface area contributed by atoms with Crippen molar-refractivity contribution in [3.05, 3.63) is 132 Å². The Morgan fingerprint density at radius 1 is 0.800 bits per heavy atom. The normalized spacial score (nSPS) is 11.6. The van der Waals surface area contributed by atoms with Gasteiger partial charge in [0.2, 0.25) is 11.8 Å². The third-order valence-electron chi connectivity index (χ3n) is 5.75. The average Bonchev–Trinajstić information content (AvgIpc) is 3.41. The predicted octanol–water partition coefficient (Wildman–Crippen LogP) is 4.92. The van der Waals surface area contributed by atoms with E-state index in [1.165, 1.54) is 12.1 Å².